The highest BCUT2D eigenvalue weighted by molar-refractivity contribution is 9.10. The number of anilines is 1. The van der Waals surface area contributed by atoms with E-state index in [0.717, 1.165) is 54.4 Å². The molecule has 0 aliphatic heterocycles. The van der Waals surface area contributed by atoms with Gasteiger partial charge < -0.3 is 9.30 Å². The van der Waals surface area contributed by atoms with Gasteiger partial charge in [-0.3, -0.25) is 4.72 Å². The summed E-state index contributed by atoms with van der Waals surface area (Å²) in [5.74, 6) is 0.723. The predicted molar refractivity (Wildman–Crippen MR) is 146 cm³/mol. The topological polar surface area (TPSA) is 60.3 Å². The van der Waals surface area contributed by atoms with Gasteiger partial charge in [0.25, 0.3) is 10.0 Å². The first-order valence-electron chi connectivity index (χ1n) is 11.2. The molecule has 0 atom stereocenters. The van der Waals surface area contributed by atoms with Crippen molar-refractivity contribution >= 4 is 53.4 Å². The minimum Gasteiger partial charge on any atom is -0.496 e. The standard InChI is InChI=1S/C28H25BrN2O3S/c1-17-9-12-21(13-10-17)35(32,33)30-24-15-18(2)28(34-4)19(3)27(24)31-25-8-6-5-7-22(25)23-16-20(29)11-14-26(23)31/h5-16,30H,1-4H3. The summed E-state index contributed by atoms with van der Waals surface area (Å²) in [5.41, 5.74) is 5.86. The maximum Gasteiger partial charge on any atom is 0.261 e. The van der Waals surface area contributed by atoms with E-state index in [1.54, 1.807) is 31.4 Å². The first kappa shape index (κ1) is 23.5. The number of methoxy groups -OCH3 is 1. The monoisotopic (exact) mass is 548 g/mol. The number of nitrogens with one attached hydrogen (secondary N) is 1. The summed E-state index contributed by atoms with van der Waals surface area (Å²) < 4.78 is 38.6. The summed E-state index contributed by atoms with van der Waals surface area (Å²) in [5, 5.41) is 2.15. The molecule has 1 aromatic heterocycles. The van der Waals surface area contributed by atoms with Crippen LogP contribution in [0.2, 0.25) is 0 Å². The Morgan fingerprint density at radius 3 is 2.26 bits per heavy atom. The van der Waals surface area contributed by atoms with Gasteiger partial charge in [-0.05, 0) is 68.8 Å². The Hall–Kier alpha value is -3.29. The van der Waals surface area contributed by atoms with E-state index in [1.165, 1.54) is 0 Å². The SMILES string of the molecule is COc1c(C)cc(NS(=O)(=O)c2ccc(C)cc2)c(-n2c3ccccc3c3cc(Br)ccc32)c1C. The number of benzene rings is 4. The van der Waals surface area contributed by atoms with E-state index in [4.69, 9.17) is 4.74 Å². The maximum atomic E-state index is 13.4. The molecule has 0 aliphatic carbocycles. The van der Waals surface area contributed by atoms with E-state index < -0.39 is 10.0 Å². The molecular weight excluding hydrogens is 524 g/mol. The molecule has 4 aromatic carbocycles. The van der Waals surface area contributed by atoms with Crippen molar-refractivity contribution in [2.45, 2.75) is 25.7 Å². The third kappa shape index (κ3) is 3.98. The summed E-state index contributed by atoms with van der Waals surface area (Å²) >= 11 is 3.59. The minimum atomic E-state index is -3.82. The highest BCUT2D eigenvalue weighted by Crippen LogP contribution is 2.41. The van der Waals surface area contributed by atoms with Crippen LogP contribution < -0.4 is 9.46 Å². The number of sulfonamides is 1. The van der Waals surface area contributed by atoms with Crippen molar-refractivity contribution in [3.05, 3.63) is 94.0 Å². The second-order valence-electron chi connectivity index (χ2n) is 8.68. The van der Waals surface area contributed by atoms with Gasteiger partial charge in [-0.1, -0.05) is 51.8 Å². The second kappa shape index (κ2) is 8.73. The highest BCUT2D eigenvalue weighted by Gasteiger charge is 2.24. The quantitative estimate of drug-likeness (QED) is 0.251. The summed E-state index contributed by atoms with van der Waals surface area (Å²) in [4.78, 5) is 0.214. The molecule has 5 aromatic rings. The van der Waals surface area contributed by atoms with Crippen molar-refractivity contribution in [2.75, 3.05) is 11.8 Å². The number of hydrogen-bond donors (Lipinski definition) is 1. The van der Waals surface area contributed by atoms with Crippen LogP contribution in [0.15, 0.2) is 82.2 Å². The van der Waals surface area contributed by atoms with Gasteiger partial charge in [-0.2, -0.15) is 0 Å². The van der Waals surface area contributed by atoms with Crippen molar-refractivity contribution in [1.29, 1.82) is 0 Å². The largest absolute Gasteiger partial charge is 0.496 e. The molecule has 5 nitrogen and oxygen atoms in total. The molecule has 0 unspecified atom stereocenters. The van der Waals surface area contributed by atoms with Crippen LogP contribution in [0.5, 0.6) is 5.75 Å². The number of aryl methyl sites for hydroxylation is 2. The normalized spacial score (nSPS) is 11.8. The van der Waals surface area contributed by atoms with E-state index in [0.29, 0.717) is 5.69 Å². The molecule has 0 spiro atoms. The molecule has 178 valence electrons. The fourth-order valence-electron chi connectivity index (χ4n) is 4.74. The molecule has 7 heteroatoms. The second-order valence-corrected chi connectivity index (χ2v) is 11.3. The van der Waals surface area contributed by atoms with Gasteiger partial charge >= 0.3 is 0 Å². The van der Waals surface area contributed by atoms with E-state index >= 15 is 0 Å². The van der Waals surface area contributed by atoms with Crippen LogP contribution in [-0.2, 0) is 10.0 Å². The van der Waals surface area contributed by atoms with Gasteiger partial charge in [-0.25, -0.2) is 8.42 Å². The molecule has 35 heavy (non-hydrogen) atoms. The number of ether oxygens (including phenoxy) is 1. The lowest BCUT2D eigenvalue weighted by Crippen LogP contribution is -2.16. The van der Waals surface area contributed by atoms with Gasteiger partial charge in [0, 0.05) is 20.8 Å². The molecule has 0 saturated carbocycles. The Labute approximate surface area is 213 Å². The smallest absolute Gasteiger partial charge is 0.261 e. The number of rotatable bonds is 5. The van der Waals surface area contributed by atoms with Crippen LogP contribution in [0.3, 0.4) is 0 Å². The molecule has 0 radical (unpaired) electrons. The van der Waals surface area contributed by atoms with Crippen molar-refractivity contribution in [3.63, 3.8) is 0 Å². The first-order chi connectivity index (χ1) is 16.7. The van der Waals surface area contributed by atoms with Gasteiger partial charge in [0.05, 0.1) is 34.4 Å². The maximum absolute atomic E-state index is 13.4. The average molecular weight is 549 g/mol. The van der Waals surface area contributed by atoms with Crippen molar-refractivity contribution in [2.24, 2.45) is 0 Å². The first-order valence-corrected chi connectivity index (χ1v) is 13.5. The number of aromatic nitrogens is 1. The van der Waals surface area contributed by atoms with E-state index in [9.17, 15) is 8.42 Å². The third-order valence-corrected chi connectivity index (χ3v) is 8.18. The van der Waals surface area contributed by atoms with Gasteiger partial charge in [0.15, 0.2) is 0 Å². The highest BCUT2D eigenvalue weighted by atomic mass is 79.9. The number of nitrogens with zero attached hydrogens (tertiary/aromatic N) is 1. The molecule has 5 rings (SSSR count). The molecule has 0 bridgehead atoms. The van der Waals surface area contributed by atoms with Crippen molar-refractivity contribution in [1.82, 2.24) is 4.57 Å². The van der Waals surface area contributed by atoms with Gasteiger partial charge in [0.2, 0.25) is 0 Å². The summed E-state index contributed by atoms with van der Waals surface area (Å²) in [6.07, 6.45) is 0. The van der Waals surface area contributed by atoms with Crippen molar-refractivity contribution < 1.29 is 13.2 Å². The Balaban J connectivity index is 1.83. The molecular formula is C28H25BrN2O3S. The molecule has 0 aliphatic rings. The number of fused-ring (bicyclic) bond motifs is 3. The van der Waals surface area contributed by atoms with E-state index in [-0.39, 0.29) is 4.90 Å². The zero-order valence-electron chi connectivity index (χ0n) is 19.9. The van der Waals surface area contributed by atoms with Gasteiger partial charge in [-0.15, -0.1) is 0 Å². The zero-order valence-corrected chi connectivity index (χ0v) is 22.3. The fraction of sp³-hybridized carbons (Fsp3) is 0.143. The Bertz CT molecular complexity index is 1700. The lowest BCUT2D eigenvalue weighted by molar-refractivity contribution is 0.408. The molecule has 1 N–H and O–H groups in total. The van der Waals surface area contributed by atoms with E-state index in [2.05, 4.69) is 37.4 Å². The van der Waals surface area contributed by atoms with Crippen LogP contribution in [0.1, 0.15) is 16.7 Å². The summed E-state index contributed by atoms with van der Waals surface area (Å²) in [6.45, 7) is 5.81. The van der Waals surface area contributed by atoms with Gasteiger partial charge in [0.1, 0.15) is 5.75 Å². The van der Waals surface area contributed by atoms with E-state index in [1.807, 2.05) is 57.2 Å². The Morgan fingerprint density at radius 1 is 0.857 bits per heavy atom. The Kier molecular flexibility index (Phi) is 5.85. The fourth-order valence-corrected chi connectivity index (χ4v) is 6.16. The lowest BCUT2D eigenvalue weighted by Gasteiger charge is -2.21. The third-order valence-electron chi connectivity index (χ3n) is 6.31. The average Bonchev–Trinajstić information content (AvgIpc) is 3.13. The van der Waals surface area contributed by atoms with Crippen LogP contribution in [-0.4, -0.2) is 20.1 Å². The van der Waals surface area contributed by atoms with Crippen LogP contribution in [0.4, 0.5) is 5.69 Å². The minimum absolute atomic E-state index is 0.214. The molecule has 0 amide bonds. The number of hydrogen-bond acceptors (Lipinski definition) is 3. The number of halogens is 1. The van der Waals surface area contributed by atoms with Crippen LogP contribution in [0, 0.1) is 20.8 Å². The molecule has 1 heterocycles. The lowest BCUT2D eigenvalue weighted by atomic mass is 10.1. The summed E-state index contributed by atoms with van der Waals surface area (Å²) in [6, 6.07) is 22.9. The molecule has 0 saturated heterocycles. The Morgan fingerprint density at radius 2 is 1.54 bits per heavy atom. The molecule has 0 fully saturated rings. The van der Waals surface area contributed by atoms with Crippen LogP contribution >= 0.6 is 15.9 Å². The predicted octanol–water partition coefficient (Wildman–Crippen LogP) is 7.28. The van der Waals surface area contributed by atoms with Crippen molar-refractivity contribution in [3.8, 4) is 11.4 Å². The number of para-hydroxylation sites is 1. The van der Waals surface area contributed by atoms with Crippen LogP contribution in [0.25, 0.3) is 27.5 Å². The summed E-state index contributed by atoms with van der Waals surface area (Å²) in [7, 11) is -2.18. The zero-order chi connectivity index (χ0) is 24.9.